The van der Waals surface area contributed by atoms with E-state index < -0.39 is 52.6 Å². The second-order valence-electron chi connectivity index (χ2n) is 15.1. The quantitative estimate of drug-likeness (QED) is 0.228. The van der Waals surface area contributed by atoms with Crippen molar-refractivity contribution in [2.24, 2.45) is 29.1 Å². The minimum atomic E-state index is -1.36. The zero-order valence-electron chi connectivity index (χ0n) is 29.8. The molecule has 3 saturated heterocycles. The van der Waals surface area contributed by atoms with Crippen LogP contribution in [-0.4, -0.2) is 71.9 Å². The number of halogens is 2. The summed E-state index contributed by atoms with van der Waals surface area (Å²) < 4.78 is 25.3. The molecule has 0 unspecified atom stereocenters. The zero-order chi connectivity index (χ0) is 37.3. The van der Waals surface area contributed by atoms with E-state index in [-0.39, 0.29) is 52.2 Å². The number of benzene rings is 3. The number of phenols is 1. The molecule has 2 aliphatic carbocycles. The fraction of sp³-hybridized carbons (Fsp3) is 0.415. The first kappa shape index (κ1) is 35.3. The van der Waals surface area contributed by atoms with Gasteiger partial charge in [-0.25, -0.2) is 9.29 Å². The molecule has 1 N–H and O–H groups in total. The Labute approximate surface area is 312 Å². The van der Waals surface area contributed by atoms with E-state index >= 15 is 0 Å². The number of rotatable bonds is 7. The van der Waals surface area contributed by atoms with E-state index in [4.69, 9.17) is 21.1 Å². The van der Waals surface area contributed by atoms with Crippen molar-refractivity contribution in [3.63, 3.8) is 0 Å². The number of carbonyl (C=O) groups is 4. The molecule has 0 spiro atoms. The first-order valence-corrected chi connectivity index (χ1v) is 18.5. The Morgan fingerprint density at radius 3 is 2.23 bits per heavy atom. The molecule has 0 bridgehead atoms. The number of fused-ring (bicyclic) bond motifs is 4. The van der Waals surface area contributed by atoms with Gasteiger partial charge in [0.2, 0.25) is 29.4 Å². The molecule has 3 aromatic rings. The smallest absolute Gasteiger partial charge is 0.241 e. The van der Waals surface area contributed by atoms with E-state index in [9.17, 15) is 28.7 Å². The predicted octanol–water partition coefficient (Wildman–Crippen LogP) is 6.10. The maximum atomic E-state index is 14.7. The third kappa shape index (κ3) is 5.45. The fourth-order valence-electron chi connectivity index (χ4n) is 9.91. The zero-order valence-corrected chi connectivity index (χ0v) is 30.5. The lowest BCUT2D eigenvalue weighted by atomic mass is 9.51. The van der Waals surface area contributed by atoms with E-state index in [1.165, 1.54) is 36.8 Å². The second kappa shape index (κ2) is 13.3. The SMILES string of the molecule is COc1cc([C@H]2C3=CC[C@@H]4C(=O)N(C5CCN(Cc6ccccc6)CC5)C(=O)[C@@H]4[C@@H]3C[C@H]3C(=O)N(c4ccc(F)c(Cl)c4)C(=O)[C@@]23C)cc(OC)c1O. The lowest BCUT2D eigenvalue weighted by Crippen LogP contribution is -2.49. The Morgan fingerprint density at radius 2 is 1.58 bits per heavy atom. The lowest BCUT2D eigenvalue weighted by molar-refractivity contribution is -0.144. The highest BCUT2D eigenvalue weighted by molar-refractivity contribution is 6.31. The van der Waals surface area contributed by atoms with Crippen molar-refractivity contribution in [2.45, 2.75) is 51.1 Å². The van der Waals surface area contributed by atoms with Crippen LogP contribution in [0.15, 0.2) is 72.3 Å². The van der Waals surface area contributed by atoms with Crippen LogP contribution in [-0.2, 0) is 25.7 Å². The summed E-state index contributed by atoms with van der Waals surface area (Å²) in [7, 11) is 2.81. The Hall–Kier alpha value is -4.74. The molecule has 276 valence electrons. The molecule has 5 aliphatic rings. The molecule has 3 aromatic carbocycles. The number of methoxy groups -OCH3 is 2. The van der Waals surface area contributed by atoms with Crippen LogP contribution in [0.3, 0.4) is 0 Å². The summed E-state index contributed by atoms with van der Waals surface area (Å²) in [6, 6.07) is 17.0. The number of anilines is 1. The summed E-state index contributed by atoms with van der Waals surface area (Å²) in [6.45, 7) is 4.07. The Morgan fingerprint density at radius 1 is 0.906 bits per heavy atom. The molecule has 4 fully saturated rings. The highest BCUT2D eigenvalue weighted by atomic mass is 35.5. The van der Waals surface area contributed by atoms with Crippen LogP contribution in [0, 0.1) is 34.9 Å². The summed E-state index contributed by atoms with van der Waals surface area (Å²) >= 11 is 6.13. The van der Waals surface area contributed by atoms with Gasteiger partial charge >= 0.3 is 0 Å². The van der Waals surface area contributed by atoms with Crippen molar-refractivity contribution in [1.29, 1.82) is 0 Å². The lowest BCUT2D eigenvalue weighted by Gasteiger charge is -2.49. The molecule has 12 heteroatoms. The summed E-state index contributed by atoms with van der Waals surface area (Å²) in [5.74, 6) is -5.49. The van der Waals surface area contributed by atoms with Crippen LogP contribution < -0.4 is 14.4 Å². The first-order valence-electron chi connectivity index (χ1n) is 18.1. The Bertz CT molecular complexity index is 2020. The minimum absolute atomic E-state index is 0.117. The molecule has 4 amide bonds. The van der Waals surface area contributed by atoms with E-state index in [0.29, 0.717) is 24.8 Å². The molecule has 3 aliphatic heterocycles. The molecule has 0 aromatic heterocycles. The van der Waals surface area contributed by atoms with E-state index in [1.807, 2.05) is 24.3 Å². The number of piperidine rings is 1. The molecule has 10 nitrogen and oxygen atoms in total. The second-order valence-corrected chi connectivity index (χ2v) is 15.5. The van der Waals surface area contributed by atoms with Gasteiger partial charge in [-0.3, -0.25) is 29.0 Å². The summed E-state index contributed by atoms with van der Waals surface area (Å²) in [5, 5.41) is 10.6. The van der Waals surface area contributed by atoms with Gasteiger partial charge in [0.15, 0.2) is 11.5 Å². The summed E-state index contributed by atoms with van der Waals surface area (Å²) in [6.07, 6.45) is 3.81. The number of phenolic OH excluding ortho intramolecular Hbond substituents is 1. The third-order valence-electron chi connectivity index (χ3n) is 12.5. The molecule has 3 heterocycles. The van der Waals surface area contributed by atoms with Gasteiger partial charge in [-0.1, -0.05) is 53.6 Å². The molecule has 0 radical (unpaired) electrons. The predicted molar refractivity (Wildman–Crippen MR) is 194 cm³/mol. The van der Waals surface area contributed by atoms with Gasteiger partial charge in [-0.2, -0.15) is 0 Å². The molecular weight excluding hydrogens is 701 g/mol. The number of hydrogen-bond donors (Lipinski definition) is 1. The molecule has 8 rings (SSSR count). The maximum absolute atomic E-state index is 14.7. The Balaban J connectivity index is 1.16. The van der Waals surface area contributed by atoms with Crippen LogP contribution in [0.1, 0.15) is 49.7 Å². The number of likely N-dealkylation sites (tertiary alicyclic amines) is 2. The van der Waals surface area contributed by atoms with Crippen molar-refractivity contribution >= 4 is 40.9 Å². The van der Waals surface area contributed by atoms with Gasteiger partial charge in [0.25, 0.3) is 0 Å². The first-order chi connectivity index (χ1) is 25.5. The van der Waals surface area contributed by atoms with E-state index in [0.717, 1.165) is 36.2 Å². The topological polar surface area (TPSA) is 117 Å². The van der Waals surface area contributed by atoms with Gasteiger partial charge < -0.3 is 14.6 Å². The number of carbonyl (C=O) groups excluding carboxylic acids is 4. The summed E-state index contributed by atoms with van der Waals surface area (Å²) in [4.78, 5) is 63.0. The molecular formula is C41H41ClFN3O7. The van der Waals surface area contributed by atoms with Crippen molar-refractivity contribution in [1.82, 2.24) is 9.80 Å². The molecule has 53 heavy (non-hydrogen) atoms. The van der Waals surface area contributed by atoms with Gasteiger partial charge in [0.05, 0.1) is 48.1 Å². The third-order valence-corrected chi connectivity index (χ3v) is 12.8. The van der Waals surface area contributed by atoms with Crippen molar-refractivity contribution in [3.05, 3.63) is 94.3 Å². The number of aromatic hydroxyl groups is 1. The van der Waals surface area contributed by atoms with Crippen LogP contribution >= 0.6 is 11.6 Å². The maximum Gasteiger partial charge on any atom is 0.241 e. The van der Waals surface area contributed by atoms with Crippen LogP contribution in [0.4, 0.5) is 10.1 Å². The van der Waals surface area contributed by atoms with Crippen molar-refractivity contribution < 1.29 is 38.1 Å². The standard InChI is InChI=1S/C41H41ClFN3O7/c1-41-29(38(49)46(40(41)51)25-9-12-31(43)30(42)19-25)20-28-26(35(41)23-17-32(52-2)36(47)33(18-23)53-3)10-11-27-34(28)39(50)45(37(27)48)24-13-15-44(16-14-24)21-22-7-5-4-6-8-22/h4-10,12,17-19,24,27-29,34-35,47H,11,13-16,20-21H2,1-3H3/t27-,28+,29-,34-,35-,41+/m0/s1. The average molecular weight is 742 g/mol. The van der Waals surface area contributed by atoms with Gasteiger partial charge in [0.1, 0.15) is 5.82 Å². The number of amides is 4. The highest BCUT2D eigenvalue weighted by Gasteiger charge is 2.68. The van der Waals surface area contributed by atoms with Gasteiger partial charge in [0, 0.05) is 31.6 Å². The number of hydrogen-bond acceptors (Lipinski definition) is 8. The monoisotopic (exact) mass is 741 g/mol. The van der Waals surface area contributed by atoms with Crippen LogP contribution in [0.2, 0.25) is 5.02 Å². The molecule has 1 saturated carbocycles. The van der Waals surface area contributed by atoms with Crippen LogP contribution in [0.5, 0.6) is 17.2 Å². The van der Waals surface area contributed by atoms with Gasteiger partial charge in [-0.15, -0.1) is 0 Å². The highest BCUT2D eigenvalue weighted by Crippen LogP contribution is 2.64. The van der Waals surface area contributed by atoms with Gasteiger partial charge in [-0.05, 0) is 80.0 Å². The molecule has 6 atom stereocenters. The Kier molecular flexibility index (Phi) is 8.85. The van der Waals surface area contributed by atoms with Crippen LogP contribution in [0.25, 0.3) is 0 Å². The van der Waals surface area contributed by atoms with E-state index in [1.54, 1.807) is 19.1 Å². The van der Waals surface area contributed by atoms with Crippen molar-refractivity contribution in [3.8, 4) is 17.2 Å². The van der Waals surface area contributed by atoms with E-state index in [2.05, 4.69) is 17.0 Å². The fourth-order valence-corrected chi connectivity index (χ4v) is 10.1. The number of nitrogens with zero attached hydrogens (tertiary/aromatic N) is 3. The minimum Gasteiger partial charge on any atom is -0.502 e. The van der Waals surface area contributed by atoms with Crippen molar-refractivity contribution in [2.75, 3.05) is 32.2 Å². The number of allylic oxidation sites excluding steroid dienone is 2. The average Bonchev–Trinajstić information content (AvgIpc) is 3.53. The number of imide groups is 2. The largest absolute Gasteiger partial charge is 0.502 e. The summed E-state index contributed by atoms with van der Waals surface area (Å²) in [5.41, 5.74) is 1.34. The number of ether oxygens (including phenoxy) is 2. The normalized spacial score (nSPS) is 28.8.